The zero-order valence-electron chi connectivity index (χ0n) is 31.5. The molecular weight excluding hydrogens is 661 g/mol. The number of unbranched alkanes of at least 4 members (excludes halogenated alkanes) is 21. The van der Waals surface area contributed by atoms with Crippen LogP contribution in [0, 0.1) is 0 Å². The zero-order valence-corrected chi connectivity index (χ0v) is 32.4. The molecule has 0 heterocycles. The quantitative estimate of drug-likeness (QED) is 0.0209. The van der Waals surface area contributed by atoms with Gasteiger partial charge in [-0.3, -0.25) is 18.6 Å². The first-order valence-corrected chi connectivity index (χ1v) is 21.2. The van der Waals surface area contributed by atoms with Crippen LogP contribution in [0.25, 0.3) is 0 Å². The van der Waals surface area contributed by atoms with Crippen molar-refractivity contribution in [3.63, 3.8) is 0 Å². The molecule has 0 saturated carbocycles. The maximum atomic E-state index is 12.3. The minimum atomic E-state index is -4.73. The van der Waals surface area contributed by atoms with Gasteiger partial charge in [-0.05, 0) is 38.5 Å². The molecule has 294 valence electrons. The van der Waals surface area contributed by atoms with Crippen LogP contribution in [-0.4, -0.2) is 64.9 Å². The second kappa shape index (κ2) is 34.3. The highest BCUT2D eigenvalue weighted by molar-refractivity contribution is 7.47. The number of nitrogens with one attached hydrogen (secondary N) is 1. The zero-order chi connectivity index (χ0) is 37.1. The number of carboxylic acids is 1. The van der Waals surface area contributed by atoms with Crippen molar-refractivity contribution in [1.29, 1.82) is 0 Å². The molecule has 0 aromatic carbocycles. The number of carbonyl (C=O) groups is 3. The lowest BCUT2D eigenvalue weighted by Crippen LogP contribution is -2.43. The third-order valence-electron chi connectivity index (χ3n) is 8.55. The van der Waals surface area contributed by atoms with Gasteiger partial charge in [0.25, 0.3) is 0 Å². The minimum Gasteiger partial charge on any atom is -0.480 e. The number of aliphatic carboxylic acids is 1. The van der Waals surface area contributed by atoms with Gasteiger partial charge in [-0.2, -0.15) is 0 Å². The molecule has 3 atom stereocenters. The van der Waals surface area contributed by atoms with Crippen LogP contribution in [0.15, 0.2) is 12.2 Å². The third kappa shape index (κ3) is 33.4. The molecule has 12 heteroatoms. The van der Waals surface area contributed by atoms with Gasteiger partial charge in [0.05, 0.1) is 13.2 Å². The van der Waals surface area contributed by atoms with Gasteiger partial charge in [-0.25, -0.2) is 9.36 Å². The molecule has 0 aliphatic heterocycles. The van der Waals surface area contributed by atoms with E-state index in [1.165, 1.54) is 109 Å². The number of esters is 1. The molecule has 0 aliphatic carbocycles. The Morgan fingerprint density at radius 1 is 0.620 bits per heavy atom. The number of carboxylic acid groups (broad SMARTS) is 1. The predicted molar refractivity (Wildman–Crippen MR) is 199 cm³/mol. The molecule has 0 aromatic heterocycles. The summed E-state index contributed by atoms with van der Waals surface area (Å²) in [5.41, 5.74) is 0. The summed E-state index contributed by atoms with van der Waals surface area (Å²) in [6.07, 6.45) is 32.1. The van der Waals surface area contributed by atoms with E-state index in [1.807, 2.05) is 6.92 Å². The maximum absolute atomic E-state index is 12.3. The first kappa shape index (κ1) is 48.2. The van der Waals surface area contributed by atoms with E-state index in [1.54, 1.807) is 0 Å². The van der Waals surface area contributed by atoms with Gasteiger partial charge in [0.2, 0.25) is 5.91 Å². The Kier molecular flexibility index (Phi) is 33.1. The third-order valence-corrected chi connectivity index (χ3v) is 9.51. The number of aliphatic hydroxyl groups is 1. The van der Waals surface area contributed by atoms with E-state index in [4.69, 9.17) is 9.26 Å². The monoisotopic (exact) mass is 733 g/mol. The van der Waals surface area contributed by atoms with Crippen molar-refractivity contribution in [1.82, 2.24) is 5.32 Å². The highest BCUT2D eigenvalue weighted by atomic mass is 31.2. The molecule has 50 heavy (non-hydrogen) atoms. The summed E-state index contributed by atoms with van der Waals surface area (Å²) in [5, 5.41) is 21.6. The largest absolute Gasteiger partial charge is 0.480 e. The number of aliphatic hydroxyl groups excluding tert-OH is 1. The van der Waals surface area contributed by atoms with Gasteiger partial charge in [0.1, 0.15) is 12.7 Å². The Morgan fingerprint density at radius 3 is 1.54 bits per heavy atom. The SMILES string of the molecule is CCCCCCCC/C=C/CCCCCCCCCCCCCCCC(=O)NC(COP(=O)(O)OCC(O)COC(=O)CCCCC)C(=O)O. The van der Waals surface area contributed by atoms with Crippen LogP contribution in [0.1, 0.15) is 181 Å². The number of hydrogen-bond acceptors (Lipinski definition) is 8. The predicted octanol–water partition coefficient (Wildman–Crippen LogP) is 9.33. The minimum absolute atomic E-state index is 0.149. The number of amides is 1. The molecule has 11 nitrogen and oxygen atoms in total. The molecule has 1 amide bonds. The van der Waals surface area contributed by atoms with Crippen LogP contribution in [-0.2, 0) is 32.7 Å². The summed E-state index contributed by atoms with van der Waals surface area (Å²) < 4.78 is 26.4. The first-order valence-electron chi connectivity index (χ1n) is 19.7. The number of rotatable bonds is 37. The molecule has 3 unspecified atom stereocenters. The topological polar surface area (TPSA) is 169 Å². The van der Waals surface area contributed by atoms with Crippen LogP contribution < -0.4 is 5.32 Å². The Labute approximate surface area is 303 Å². The summed E-state index contributed by atoms with van der Waals surface area (Å²) >= 11 is 0. The van der Waals surface area contributed by atoms with E-state index in [0.717, 1.165) is 32.1 Å². The van der Waals surface area contributed by atoms with Crippen LogP contribution in [0.2, 0.25) is 0 Å². The Morgan fingerprint density at radius 2 is 1.04 bits per heavy atom. The average molecular weight is 734 g/mol. The maximum Gasteiger partial charge on any atom is 0.472 e. The van der Waals surface area contributed by atoms with E-state index in [9.17, 15) is 34.1 Å². The molecule has 0 fully saturated rings. The van der Waals surface area contributed by atoms with Crippen molar-refractivity contribution in [2.24, 2.45) is 0 Å². The van der Waals surface area contributed by atoms with Crippen LogP contribution in [0.5, 0.6) is 0 Å². The van der Waals surface area contributed by atoms with Gasteiger partial charge in [-0.1, -0.05) is 142 Å². The van der Waals surface area contributed by atoms with Crippen LogP contribution in [0.4, 0.5) is 0 Å². The highest BCUT2D eigenvalue weighted by Crippen LogP contribution is 2.43. The first-order chi connectivity index (χ1) is 24.1. The van der Waals surface area contributed by atoms with Gasteiger partial charge in [0.15, 0.2) is 6.04 Å². The summed E-state index contributed by atoms with van der Waals surface area (Å²) in [6.45, 7) is 2.37. The van der Waals surface area contributed by atoms with Gasteiger partial charge in [0, 0.05) is 12.8 Å². The number of carbonyl (C=O) groups excluding carboxylic acids is 2. The fourth-order valence-electron chi connectivity index (χ4n) is 5.43. The smallest absolute Gasteiger partial charge is 0.472 e. The van der Waals surface area contributed by atoms with Crippen LogP contribution in [0.3, 0.4) is 0 Å². The summed E-state index contributed by atoms with van der Waals surface area (Å²) in [7, 11) is -4.73. The van der Waals surface area contributed by atoms with Crippen molar-refractivity contribution in [3.8, 4) is 0 Å². The van der Waals surface area contributed by atoms with E-state index in [-0.39, 0.29) is 12.8 Å². The summed E-state index contributed by atoms with van der Waals surface area (Å²) in [4.78, 5) is 45.2. The van der Waals surface area contributed by atoms with E-state index >= 15 is 0 Å². The second-order valence-electron chi connectivity index (χ2n) is 13.5. The fraction of sp³-hybridized carbons (Fsp3) is 0.868. The lowest BCUT2D eigenvalue weighted by molar-refractivity contribution is -0.147. The van der Waals surface area contributed by atoms with E-state index < -0.39 is 57.6 Å². The molecule has 0 rings (SSSR count). The number of ether oxygens (including phenoxy) is 1. The average Bonchev–Trinajstić information content (AvgIpc) is 3.08. The molecule has 4 N–H and O–H groups in total. The summed E-state index contributed by atoms with van der Waals surface area (Å²) in [6, 6.07) is -1.54. The van der Waals surface area contributed by atoms with Crippen molar-refractivity contribution >= 4 is 25.7 Å². The molecular formula is C38H72NO10P. The van der Waals surface area contributed by atoms with E-state index in [2.05, 4.69) is 28.9 Å². The fourth-order valence-corrected chi connectivity index (χ4v) is 6.20. The van der Waals surface area contributed by atoms with Crippen molar-refractivity contribution < 1.29 is 47.8 Å². The molecule has 0 aliphatic rings. The van der Waals surface area contributed by atoms with Crippen molar-refractivity contribution in [2.75, 3.05) is 19.8 Å². The molecule has 0 bridgehead atoms. The van der Waals surface area contributed by atoms with Crippen molar-refractivity contribution in [2.45, 2.75) is 193 Å². The number of phosphoric ester groups is 1. The molecule has 0 radical (unpaired) electrons. The lowest BCUT2D eigenvalue weighted by Gasteiger charge is -2.18. The number of hydrogen-bond donors (Lipinski definition) is 4. The number of phosphoric acid groups is 1. The number of allylic oxidation sites excluding steroid dienone is 2. The Hall–Kier alpha value is -1.78. The molecule has 0 aromatic rings. The normalized spacial score (nSPS) is 14.0. The molecule has 0 spiro atoms. The van der Waals surface area contributed by atoms with Gasteiger partial charge in [-0.15, -0.1) is 0 Å². The van der Waals surface area contributed by atoms with Gasteiger partial charge >= 0.3 is 19.8 Å². The highest BCUT2D eigenvalue weighted by Gasteiger charge is 2.28. The standard InChI is InChI=1S/C38H72NO10P/c1-3-5-7-8-9-10-11-12-13-14-15-16-17-18-19-20-21-22-23-24-25-26-28-29-36(41)39-35(38(43)44)33-49-50(45,46)48-32-34(40)31-47-37(42)30-27-6-4-2/h12-13,34-35,40H,3-11,14-33H2,1-2H3,(H,39,41)(H,43,44)(H,45,46)/b13-12+. The lowest BCUT2D eigenvalue weighted by atomic mass is 10.0. The van der Waals surface area contributed by atoms with Crippen LogP contribution >= 0.6 is 7.82 Å². The second-order valence-corrected chi connectivity index (χ2v) is 14.9. The van der Waals surface area contributed by atoms with E-state index in [0.29, 0.717) is 12.8 Å². The van der Waals surface area contributed by atoms with Crippen molar-refractivity contribution in [3.05, 3.63) is 12.2 Å². The van der Waals surface area contributed by atoms with Gasteiger partial charge < -0.3 is 25.2 Å². The Bertz CT molecular complexity index is 916. The summed E-state index contributed by atoms with van der Waals surface area (Å²) in [5.74, 6) is -2.39. The molecule has 0 saturated heterocycles. The Balaban J connectivity index is 3.78.